The van der Waals surface area contributed by atoms with Gasteiger partial charge in [0.1, 0.15) is 5.82 Å². The Hall–Kier alpha value is -3.20. The van der Waals surface area contributed by atoms with E-state index in [4.69, 9.17) is 0 Å². The van der Waals surface area contributed by atoms with Gasteiger partial charge in [-0.05, 0) is 43.9 Å². The van der Waals surface area contributed by atoms with Gasteiger partial charge in [0.15, 0.2) is 5.16 Å². The number of aromatic nitrogens is 3. The van der Waals surface area contributed by atoms with Crippen molar-refractivity contribution in [1.82, 2.24) is 14.8 Å². The number of aryl methyl sites for hydroxylation is 1. The van der Waals surface area contributed by atoms with E-state index in [1.807, 2.05) is 0 Å². The maximum atomic E-state index is 12.3. The number of hydrogen-bond donors (Lipinski definition) is 1. The van der Waals surface area contributed by atoms with E-state index >= 15 is 0 Å². The number of anilines is 1. The minimum atomic E-state index is -0.472. The summed E-state index contributed by atoms with van der Waals surface area (Å²) in [5.74, 6) is 1.79. The Labute approximate surface area is 184 Å². The lowest BCUT2D eigenvalue weighted by Gasteiger charge is -2.08. The third-order valence-corrected chi connectivity index (χ3v) is 6.35. The molecule has 1 heterocycles. The van der Waals surface area contributed by atoms with Crippen LogP contribution in [0.2, 0.25) is 0 Å². The molecule has 1 aromatic heterocycles. The number of non-ortho nitro benzene ring substituents is 1. The van der Waals surface area contributed by atoms with Gasteiger partial charge >= 0.3 is 0 Å². The molecule has 3 aromatic rings. The molecule has 2 atom stereocenters. The standard InChI is InChI=1S/C22H23N5O3S/c1-3-26-21(19-12-18(19)15-6-4-14(2)5-7-15)24-25-22(26)31-13-20(28)23-16-8-10-17(11-9-16)27(29)30/h4-11,18-19H,3,12-13H2,1-2H3,(H,23,28). The van der Waals surface area contributed by atoms with Crippen LogP contribution in [0.3, 0.4) is 0 Å². The van der Waals surface area contributed by atoms with E-state index in [2.05, 4.69) is 58.2 Å². The number of hydrogen-bond acceptors (Lipinski definition) is 6. The van der Waals surface area contributed by atoms with Crippen LogP contribution < -0.4 is 5.32 Å². The third kappa shape index (κ3) is 4.77. The van der Waals surface area contributed by atoms with Gasteiger partial charge in [-0.1, -0.05) is 41.6 Å². The molecular formula is C22H23N5O3S. The second kappa shape index (κ2) is 8.89. The van der Waals surface area contributed by atoms with E-state index in [9.17, 15) is 14.9 Å². The molecule has 1 aliphatic carbocycles. The smallest absolute Gasteiger partial charge is 0.269 e. The molecule has 0 saturated heterocycles. The first kappa shape index (κ1) is 21.0. The Morgan fingerprint density at radius 2 is 1.87 bits per heavy atom. The summed E-state index contributed by atoms with van der Waals surface area (Å²) in [4.78, 5) is 22.5. The summed E-state index contributed by atoms with van der Waals surface area (Å²) in [6, 6.07) is 14.4. The van der Waals surface area contributed by atoms with Gasteiger partial charge in [-0.25, -0.2) is 0 Å². The summed E-state index contributed by atoms with van der Waals surface area (Å²) in [7, 11) is 0. The molecule has 9 heteroatoms. The van der Waals surface area contributed by atoms with Crippen LogP contribution in [0.5, 0.6) is 0 Å². The zero-order valence-electron chi connectivity index (χ0n) is 17.3. The van der Waals surface area contributed by atoms with Crippen molar-refractivity contribution in [3.63, 3.8) is 0 Å². The number of nitrogens with one attached hydrogen (secondary N) is 1. The molecule has 1 aliphatic rings. The van der Waals surface area contributed by atoms with Crippen LogP contribution in [0, 0.1) is 17.0 Å². The van der Waals surface area contributed by atoms with Crippen molar-refractivity contribution in [3.05, 3.63) is 75.6 Å². The van der Waals surface area contributed by atoms with Crippen molar-refractivity contribution in [2.75, 3.05) is 11.1 Å². The molecule has 0 radical (unpaired) electrons. The normalized spacial score (nSPS) is 17.4. The second-order valence-corrected chi connectivity index (χ2v) is 8.53. The lowest BCUT2D eigenvalue weighted by atomic mass is 10.1. The molecule has 0 aliphatic heterocycles. The molecule has 2 aromatic carbocycles. The topological polar surface area (TPSA) is 103 Å². The molecule has 2 unspecified atom stereocenters. The molecule has 160 valence electrons. The Bertz CT molecular complexity index is 1100. The average molecular weight is 438 g/mol. The fourth-order valence-electron chi connectivity index (χ4n) is 3.63. The van der Waals surface area contributed by atoms with Crippen molar-refractivity contribution in [2.45, 2.75) is 43.8 Å². The fraction of sp³-hybridized carbons (Fsp3) is 0.318. The minimum absolute atomic E-state index is 0.0139. The summed E-state index contributed by atoms with van der Waals surface area (Å²) < 4.78 is 2.09. The van der Waals surface area contributed by atoms with Crippen LogP contribution in [0.4, 0.5) is 11.4 Å². The number of nitro groups is 1. The zero-order chi connectivity index (χ0) is 22.0. The Balaban J connectivity index is 1.36. The number of amides is 1. The van der Waals surface area contributed by atoms with Gasteiger partial charge in [0.2, 0.25) is 5.91 Å². The lowest BCUT2D eigenvalue weighted by Crippen LogP contribution is -2.14. The van der Waals surface area contributed by atoms with Gasteiger partial charge in [0, 0.05) is 30.3 Å². The average Bonchev–Trinajstić information content (AvgIpc) is 3.44. The fourth-order valence-corrected chi connectivity index (χ4v) is 4.44. The zero-order valence-corrected chi connectivity index (χ0v) is 18.1. The largest absolute Gasteiger partial charge is 0.325 e. The van der Waals surface area contributed by atoms with E-state index < -0.39 is 4.92 Å². The van der Waals surface area contributed by atoms with Gasteiger partial charge in [-0.2, -0.15) is 0 Å². The van der Waals surface area contributed by atoms with Crippen LogP contribution in [0.25, 0.3) is 0 Å². The molecule has 1 N–H and O–H groups in total. The van der Waals surface area contributed by atoms with Crippen molar-refractivity contribution < 1.29 is 9.72 Å². The number of carbonyl (C=O) groups is 1. The molecule has 4 rings (SSSR count). The molecule has 0 bridgehead atoms. The van der Waals surface area contributed by atoms with E-state index in [1.54, 1.807) is 0 Å². The van der Waals surface area contributed by atoms with Crippen LogP contribution >= 0.6 is 11.8 Å². The molecule has 8 nitrogen and oxygen atoms in total. The summed E-state index contributed by atoms with van der Waals surface area (Å²) in [6.07, 6.45) is 1.06. The lowest BCUT2D eigenvalue weighted by molar-refractivity contribution is -0.384. The van der Waals surface area contributed by atoms with Crippen molar-refractivity contribution in [3.8, 4) is 0 Å². The third-order valence-electron chi connectivity index (χ3n) is 5.38. The number of benzene rings is 2. The summed E-state index contributed by atoms with van der Waals surface area (Å²) in [6.45, 7) is 4.88. The van der Waals surface area contributed by atoms with Crippen molar-refractivity contribution >= 4 is 29.0 Å². The van der Waals surface area contributed by atoms with Gasteiger partial charge in [-0.3, -0.25) is 14.9 Å². The minimum Gasteiger partial charge on any atom is -0.325 e. The number of nitrogens with zero attached hydrogens (tertiary/aromatic N) is 4. The first-order valence-electron chi connectivity index (χ1n) is 10.1. The monoisotopic (exact) mass is 437 g/mol. The van der Waals surface area contributed by atoms with Crippen LogP contribution in [0.1, 0.15) is 42.1 Å². The molecule has 31 heavy (non-hydrogen) atoms. The summed E-state index contributed by atoms with van der Waals surface area (Å²) in [5.41, 5.74) is 3.09. The predicted octanol–water partition coefficient (Wildman–Crippen LogP) is 4.52. The maximum Gasteiger partial charge on any atom is 0.269 e. The molecule has 1 saturated carbocycles. The second-order valence-electron chi connectivity index (χ2n) is 7.59. The SMILES string of the molecule is CCn1c(SCC(=O)Nc2ccc([N+](=O)[O-])cc2)nnc1C1CC1c1ccc(C)cc1. The highest BCUT2D eigenvalue weighted by atomic mass is 32.2. The van der Waals surface area contributed by atoms with E-state index in [0.717, 1.165) is 23.9 Å². The Kier molecular flexibility index (Phi) is 6.03. The Morgan fingerprint density at radius 1 is 1.16 bits per heavy atom. The number of nitro benzene ring substituents is 1. The highest BCUT2D eigenvalue weighted by Crippen LogP contribution is 2.54. The molecule has 1 amide bonds. The quantitative estimate of drug-likeness (QED) is 0.316. The first-order valence-corrected chi connectivity index (χ1v) is 11.1. The highest BCUT2D eigenvalue weighted by Gasteiger charge is 2.43. The van der Waals surface area contributed by atoms with Crippen molar-refractivity contribution in [1.29, 1.82) is 0 Å². The summed E-state index contributed by atoms with van der Waals surface area (Å²) >= 11 is 1.34. The number of thioether (sulfide) groups is 1. The van der Waals surface area contributed by atoms with Gasteiger partial charge in [0.05, 0.1) is 10.7 Å². The van der Waals surface area contributed by atoms with E-state index in [-0.39, 0.29) is 17.3 Å². The summed E-state index contributed by atoms with van der Waals surface area (Å²) in [5, 5.41) is 22.9. The van der Waals surface area contributed by atoms with Crippen LogP contribution in [0.15, 0.2) is 53.7 Å². The van der Waals surface area contributed by atoms with E-state index in [0.29, 0.717) is 17.5 Å². The van der Waals surface area contributed by atoms with Gasteiger partial charge in [0.25, 0.3) is 5.69 Å². The maximum absolute atomic E-state index is 12.3. The number of rotatable bonds is 8. The highest BCUT2D eigenvalue weighted by molar-refractivity contribution is 7.99. The Morgan fingerprint density at radius 3 is 2.52 bits per heavy atom. The van der Waals surface area contributed by atoms with Crippen molar-refractivity contribution in [2.24, 2.45) is 0 Å². The van der Waals surface area contributed by atoms with Gasteiger partial charge < -0.3 is 9.88 Å². The van der Waals surface area contributed by atoms with Gasteiger partial charge in [-0.15, -0.1) is 10.2 Å². The first-order chi connectivity index (χ1) is 15.0. The van der Waals surface area contributed by atoms with Crippen LogP contribution in [-0.2, 0) is 11.3 Å². The van der Waals surface area contributed by atoms with Crippen LogP contribution in [-0.4, -0.2) is 31.3 Å². The predicted molar refractivity (Wildman–Crippen MR) is 119 cm³/mol. The molecule has 0 spiro atoms. The van der Waals surface area contributed by atoms with E-state index in [1.165, 1.54) is 47.2 Å². The molecule has 1 fully saturated rings. The number of carbonyl (C=O) groups excluding carboxylic acids is 1. The molecular weight excluding hydrogens is 414 g/mol.